The Labute approximate surface area is 120 Å². The maximum absolute atomic E-state index is 13.5. The lowest BCUT2D eigenvalue weighted by molar-refractivity contribution is 0.185. The monoisotopic (exact) mass is 291 g/mol. The summed E-state index contributed by atoms with van der Waals surface area (Å²) in [5.41, 5.74) is 1.04. The number of benzene rings is 1. The van der Waals surface area contributed by atoms with Gasteiger partial charge in [0.05, 0.1) is 5.02 Å². The van der Waals surface area contributed by atoms with Gasteiger partial charge in [-0.15, -0.1) is 12.4 Å². The second-order valence-corrected chi connectivity index (χ2v) is 5.25. The van der Waals surface area contributed by atoms with E-state index in [1.165, 1.54) is 12.8 Å². The van der Waals surface area contributed by atoms with Gasteiger partial charge in [0.2, 0.25) is 0 Å². The minimum atomic E-state index is -0.312. The first kappa shape index (κ1) is 15.7. The van der Waals surface area contributed by atoms with Crippen LogP contribution in [0.4, 0.5) is 4.39 Å². The van der Waals surface area contributed by atoms with Crippen LogP contribution in [-0.2, 0) is 5.54 Å². The molecule has 2 rings (SSSR count). The summed E-state index contributed by atoms with van der Waals surface area (Å²) in [6.45, 7) is 3.18. The fourth-order valence-corrected chi connectivity index (χ4v) is 2.51. The Morgan fingerprint density at radius 2 is 2.11 bits per heavy atom. The average Bonchev–Trinajstić information content (AvgIpc) is 2.26. The number of nitrogens with one attached hydrogen (secondary N) is 1. The minimum Gasteiger partial charge on any atom is -0.307 e. The summed E-state index contributed by atoms with van der Waals surface area (Å²) in [4.78, 5) is 0. The molecule has 0 radical (unpaired) electrons. The average molecular weight is 292 g/mol. The van der Waals surface area contributed by atoms with E-state index in [0.29, 0.717) is 0 Å². The summed E-state index contributed by atoms with van der Waals surface area (Å²) in [6.07, 6.45) is 5.74. The largest absolute Gasteiger partial charge is 0.307 e. The van der Waals surface area contributed by atoms with Crippen LogP contribution < -0.4 is 5.32 Å². The molecular formula is C14H20Cl2FN. The molecule has 0 unspecified atom stereocenters. The third kappa shape index (κ3) is 3.17. The van der Waals surface area contributed by atoms with Gasteiger partial charge in [-0.3, -0.25) is 0 Å². The first-order chi connectivity index (χ1) is 8.18. The van der Waals surface area contributed by atoms with Crippen LogP contribution in [0.3, 0.4) is 0 Å². The predicted octanol–water partition coefficient (Wildman–Crippen LogP) is 4.67. The summed E-state index contributed by atoms with van der Waals surface area (Å²) in [7, 11) is 0. The van der Waals surface area contributed by atoms with E-state index in [-0.39, 0.29) is 28.8 Å². The molecule has 1 saturated carbocycles. The van der Waals surface area contributed by atoms with Crippen molar-refractivity contribution in [1.29, 1.82) is 0 Å². The number of halogens is 3. The van der Waals surface area contributed by atoms with Crippen LogP contribution in [0.25, 0.3) is 0 Å². The van der Waals surface area contributed by atoms with Crippen LogP contribution in [0.15, 0.2) is 18.2 Å². The van der Waals surface area contributed by atoms with Crippen LogP contribution in [0.2, 0.25) is 5.02 Å². The Morgan fingerprint density at radius 3 is 2.61 bits per heavy atom. The molecule has 1 N–H and O–H groups in total. The Bertz CT molecular complexity index is 391. The van der Waals surface area contributed by atoms with E-state index in [2.05, 4.69) is 12.2 Å². The molecule has 1 fully saturated rings. The van der Waals surface area contributed by atoms with Crippen molar-refractivity contribution in [3.05, 3.63) is 34.6 Å². The summed E-state index contributed by atoms with van der Waals surface area (Å²) >= 11 is 5.72. The molecular weight excluding hydrogens is 272 g/mol. The maximum Gasteiger partial charge on any atom is 0.142 e. The van der Waals surface area contributed by atoms with Gasteiger partial charge >= 0.3 is 0 Å². The fourth-order valence-electron chi connectivity index (χ4n) is 2.40. The maximum atomic E-state index is 13.5. The van der Waals surface area contributed by atoms with E-state index in [1.54, 1.807) is 12.1 Å². The van der Waals surface area contributed by atoms with E-state index < -0.39 is 0 Å². The molecule has 0 saturated heterocycles. The van der Waals surface area contributed by atoms with Gasteiger partial charge in [0.15, 0.2) is 0 Å². The highest BCUT2D eigenvalue weighted by atomic mass is 35.5. The molecule has 0 aromatic heterocycles. The molecule has 1 aliphatic carbocycles. The van der Waals surface area contributed by atoms with Gasteiger partial charge in [-0.05, 0) is 49.9 Å². The first-order valence-corrected chi connectivity index (χ1v) is 6.76. The molecule has 0 aliphatic heterocycles. The lowest BCUT2D eigenvalue weighted by Gasteiger charge is -2.43. The molecule has 102 valence electrons. The summed E-state index contributed by atoms with van der Waals surface area (Å²) in [5, 5.41) is 3.79. The van der Waals surface area contributed by atoms with Crippen molar-refractivity contribution in [1.82, 2.24) is 5.32 Å². The Morgan fingerprint density at radius 1 is 1.39 bits per heavy atom. The molecule has 1 aromatic carbocycles. The second kappa shape index (κ2) is 6.74. The van der Waals surface area contributed by atoms with Crippen molar-refractivity contribution in [2.24, 2.45) is 0 Å². The predicted molar refractivity (Wildman–Crippen MR) is 77.1 cm³/mol. The number of unbranched alkanes of at least 4 members (excludes halogenated alkanes) is 1. The van der Waals surface area contributed by atoms with E-state index in [0.717, 1.165) is 31.4 Å². The van der Waals surface area contributed by atoms with E-state index in [4.69, 9.17) is 11.6 Å². The van der Waals surface area contributed by atoms with Gasteiger partial charge < -0.3 is 5.32 Å². The standard InChI is InChI=1S/C14H19ClFN.ClH/c1-2-3-9-17-14(7-4-8-14)11-5-6-12(15)13(16)10-11;/h5-6,10,17H,2-4,7-9H2,1H3;1H. The van der Waals surface area contributed by atoms with E-state index in [9.17, 15) is 4.39 Å². The van der Waals surface area contributed by atoms with Crippen LogP contribution in [-0.4, -0.2) is 6.54 Å². The molecule has 0 spiro atoms. The number of hydrogen-bond acceptors (Lipinski definition) is 1. The van der Waals surface area contributed by atoms with Crippen molar-refractivity contribution in [2.45, 2.75) is 44.6 Å². The van der Waals surface area contributed by atoms with Gasteiger partial charge in [0.25, 0.3) is 0 Å². The molecule has 1 aromatic rings. The van der Waals surface area contributed by atoms with Crippen LogP contribution >= 0.6 is 24.0 Å². The Hall–Kier alpha value is -0.310. The Balaban J connectivity index is 0.00000162. The number of hydrogen-bond donors (Lipinski definition) is 1. The highest BCUT2D eigenvalue weighted by Gasteiger charge is 2.38. The fraction of sp³-hybridized carbons (Fsp3) is 0.571. The SMILES string of the molecule is CCCCNC1(c2ccc(Cl)c(F)c2)CCC1.Cl. The van der Waals surface area contributed by atoms with Crippen molar-refractivity contribution in [2.75, 3.05) is 6.54 Å². The van der Waals surface area contributed by atoms with Crippen molar-refractivity contribution < 1.29 is 4.39 Å². The lowest BCUT2D eigenvalue weighted by Crippen LogP contribution is -2.48. The van der Waals surface area contributed by atoms with Crippen LogP contribution in [0.5, 0.6) is 0 Å². The molecule has 0 heterocycles. The zero-order chi connectivity index (χ0) is 12.3. The summed E-state index contributed by atoms with van der Waals surface area (Å²) in [5.74, 6) is -0.312. The molecule has 1 nitrogen and oxygen atoms in total. The second-order valence-electron chi connectivity index (χ2n) is 4.84. The third-order valence-corrected chi connectivity index (χ3v) is 3.98. The lowest BCUT2D eigenvalue weighted by atomic mass is 9.71. The van der Waals surface area contributed by atoms with Gasteiger partial charge in [-0.2, -0.15) is 0 Å². The summed E-state index contributed by atoms with van der Waals surface area (Å²) < 4.78 is 13.5. The van der Waals surface area contributed by atoms with Gasteiger partial charge in [0.1, 0.15) is 5.82 Å². The molecule has 4 heteroatoms. The molecule has 0 atom stereocenters. The smallest absolute Gasteiger partial charge is 0.142 e. The van der Waals surface area contributed by atoms with Crippen molar-refractivity contribution >= 4 is 24.0 Å². The van der Waals surface area contributed by atoms with Gasteiger partial charge in [-0.25, -0.2) is 4.39 Å². The van der Waals surface area contributed by atoms with E-state index >= 15 is 0 Å². The minimum absolute atomic E-state index is 0. The van der Waals surface area contributed by atoms with Gasteiger partial charge in [0, 0.05) is 5.54 Å². The van der Waals surface area contributed by atoms with Gasteiger partial charge in [-0.1, -0.05) is 31.0 Å². The van der Waals surface area contributed by atoms with Crippen molar-refractivity contribution in [3.8, 4) is 0 Å². The quantitative estimate of drug-likeness (QED) is 0.778. The zero-order valence-corrected chi connectivity index (χ0v) is 12.2. The third-order valence-electron chi connectivity index (χ3n) is 3.67. The highest BCUT2D eigenvalue weighted by molar-refractivity contribution is 6.30. The molecule has 1 aliphatic rings. The van der Waals surface area contributed by atoms with Crippen LogP contribution in [0.1, 0.15) is 44.6 Å². The molecule has 0 bridgehead atoms. The van der Waals surface area contributed by atoms with E-state index in [1.807, 2.05) is 6.07 Å². The normalized spacial score (nSPS) is 16.8. The highest BCUT2D eigenvalue weighted by Crippen LogP contribution is 2.41. The van der Waals surface area contributed by atoms with Crippen LogP contribution in [0, 0.1) is 5.82 Å². The Kier molecular flexibility index (Phi) is 5.90. The zero-order valence-electron chi connectivity index (χ0n) is 10.6. The summed E-state index contributed by atoms with van der Waals surface area (Å²) in [6, 6.07) is 5.19. The topological polar surface area (TPSA) is 12.0 Å². The van der Waals surface area contributed by atoms with Crippen molar-refractivity contribution in [3.63, 3.8) is 0 Å². The molecule has 18 heavy (non-hydrogen) atoms. The first-order valence-electron chi connectivity index (χ1n) is 6.38. The molecule has 0 amide bonds. The number of rotatable bonds is 5.